The van der Waals surface area contributed by atoms with E-state index in [4.69, 9.17) is 0 Å². The highest BCUT2D eigenvalue weighted by molar-refractivity contribution is 5.17. The van der Waals surface area contributed by atoms with Crippen LogP contribution >= 0.6 is 0 Å². The van der Waals surface area contributed by atoms with Gasteiger partial charge in [0.2, 0.25) is 0 Å². The highest BCUT2D eigenvalue weighted by Gasteiger charge is 2.02. The van der Waals surface area contributed by atoms with Crippen molar-refractivity contribution in [1.82, 2.24) is 4.98 Å². The van der Waals surface area contributed by atoms with E-state index in [0.717, 1.165) is 0 Å². The van der Waals surface area contributed by atoms with Crippen LogP contribution in [0.4, 0.5) is 0 Å². The van der Waals surface area contributed by atoms with Gasteiger partial charge >= 0.3 is 0 Å². The third kappa shape index (κ3) is 1.90. The Kier molecular flexibility index (Phi) is 2.50. The molecule has 0 aromatic carbocycles. The fraction of sp³-hybridized carbons (Fsp3) is 0.636. The lowest BCUT2D eigenvalue weighted by Gasteiger charge is -2.02. The molecule has 1 aliphatic rings. The zero-order chi connectivity index (χ0) is 8.23. The molecule has 1 aliphatic carbocycles. The van der Waals surface area contributed by atoms with Crippen molar-refractivity contribution in [3.05, 3.63) is 23.5 Å². The van der Waals surface area contributed by atoms with Gasteiger partial charge in [-0.15, -0.1) is 0 Å². The molecular formula is C11H17N. The van der Waals surface area contributed by atoms with Crippen LogP contribution in [0.3, 0.4) is 0 Å². The molecule has 1 aromatic rings. The largest absolute Gasteiger partial charge is 0.365 e. The molecule has 2 bridgehead atoms. The van der Waals surface area contributed by atoms with Crippen molar-refractivity contribution in [2.24, 2.45) is 0 Å². The van der Waals surface area contributed by atoms with E-state index in [1.54, 1.807) is 0 Å². The minimum Gasteiger partial charge on any atom is -0.365 e. The van der Waals surface area contributed by atoms with E-state index in [9.17, 15) is 0 Å². The molecule has 0 radical (unpaired) electrons. The minimum absolute atomic E-state index is 1.25. The fourth-order valence-corrected chi connectivity index (χ4v) is 1.96. The fourth-order valence-electron chi connectivity index (χ4n) is 1.96. The summed E-state index contributed by atoms with van der Waals surface area (Å²) in [6.45, 7) is 0. The number of aromatic nitrogens is 1. The van der Waals surface area contributed by atoms with Crippen LogP contribution in [0.5, 0.6) is 0 Å². The number of fused-ring (bicyclic) bond motifs is 2. The maximum absolute atomic E-state index is 3.35. The number of aromatic amines is 1. The van der Waals surface area contributed by atoms with Crippen molar-refractivity contribution in [3.8, 4) is 0 Å². The lowest BCUT2D eigenvalue weighted by atomic mass is 10.0. The molecule has 66 valence electrons. The van der Waals surface area contributed by atoms with Crippen molar-refractivity contribution in [2.45, 2.75) is 44.9 Å². The number of H-pyrrole nitrogens is 1. The van der Waals surface area contributed by atoms with Crippen LogP contribution in [0.2, 0.25) is 0 Å². The average molecular weight is 163 g/mol. The summed E-state index contributed by atoms with van der Waals surface area (Å²) in [5.41, 5.74) is 2.94. The predicted octanol–water partition coefficient (Wildman–Crippen LogP) is 3.06. The summed E-state index contributed by atoms with van der Waals surface area (Å²) >= 11 is 0. The summed E-state index contributed by atoms with van der Waals surface area (Å²) in [5, 5.41) is 0. The van der Waals surface area contributed by atoms with Crippen LogP contribution in [0.25, 0.3) is 0 Å². The molecule has 0 amide bonds. The third-order valence-corrected chi connectivity index (χ3v) is 2.71. The molecule has 0 fully saturated rings. The zero-order valence-electron chi connectivity index (χ0n) is 7.60. The molecule has 12 heavy (non-hydrogen) atoms. The van der Waals surface area contributed by atoms with Crippen LogP contribution < -0.4 is 0 Å². The second-order valence-corrected chi connectivity index (χ2v) is 3.80. The predicted molar refractivity (Wildman–Crippen MR) is 51.3 cm³/mol. The van der Waals surface area contributed by atoms with Crippen LogP contribution in [0.1, 0.15) is 43.4 Å². The van der Waals surface area contributed by atoms with Gasteiger partial charge in [-0.3, -0.25) is 0 Å². The van der Waals surface area contributed by atoms with Gasteiger partial charge in [0.05, 0.1) is 0 Å². The summed E-state index contributed by atoms with van der Waals surface area (Å²) in [6, 6.07) is 2.34. The van der Waals surface area contributed by atoms with Crippen LogP contribution in [0, 0.1) is 0 Å². The van der Waals surface area contributed by atoms with E-state index in [1.807, 2.05) is 0 Å². The molecule has 2 rings (SSSR count). The minimum atomic E-state index is 1.25. The quantitative estimate of drug-likeness (QED) is 0.605. The molecule has 0 saturated carbocycles. The topological polar surface area (TPSA) is 15.8 Å². The number of hydrogen-bond acceptors (Lipinski definition) is 0. The molecule has 1 heterocycles. The lowest BCUT2D eigenvalue weighted by molar-refractivity contribution is 0.609. The molecule has 1 N–H and O–H groups in total. The first-order valence-electron chi connectivity index (χ1n) is 5.11. The molecule has 0 aliphatic heterocycles. The SMILES string of the molecule is c1[nH]c2cc1CCCCCCC2. The van der Waals surface area contributed by atoms with E-state index in [1.165, 1.54) is 56.2 Å². The normalized spacial score (nSPS) is 19.0. The van der Waals surface area contributed by atoms with Crippen LogP contribution in [-0.4, -0.2) is 4.98 Å². The van der Waals surface area contributed by atoms with Gasteiger partial charge in [-0.25, -0.2) is 0 Å². The Labute approximate surface area is 74.2 Å². The molecule has 1 nitrogen and oxygen atoms in total. The highest BCUT2D eigenvalue weighted by atomic mass is 14.7. The second-order valence-electron chi connectivity index (χ2n) is 3.80. The highest BCUT2D eigenvalue weighted by Crippen LogP contribution is 2.15. The summed E-state index contributed by atoms with van der Waals surface area (Å²) in [7, 11) is 0. The van der Waals surface area contributed by atoms with Crippen LogP contribution in [-0.2, 0) is 12.8 Å². The van der Waals surface area contributed by atoms with E-state index < -0.39 is 0 Å². The van der Waals surface area contributed by atoms with E-state index >= 15 is 0 Å². The van der Waals surface area contributed by atoms with Gasteiger partial charge in [-0.05, 0) is 37.3 Å². The monoisotopic (exact) mass is 163 g/mol. The maximum atomic E-state index is 3.35. The number of rotatable bonds is 0. The summed E-state index contributed by atoms with van der Waals surface area (Å²) in [5.74, 6) is 0. The maximum Gasteiger partial charge on any atom is 0.0149 e. The van der Waals surface area contributed by atoms with Crippen LogP contribution in [0.15, 0.2) is 12.3 Å². The summed E-state index contributed by atoms with van der Waals surface area (Å²) in [4.78, 5) is 3.35. The smallest absolute Gasteiger partial charge is 0.0149 e. The van der Waals surface area contributed by atoms with Crippen molar-refractivity contribution >= 4 is 0 Å². The lowest BCUT2D eigenvalue weighted by Crippen LogP contribution is -1.89. The van der Waals surface area contributed by atoms with Crippen molar-refractivity contribution in [2.75, 3.05) is 0 Å². The van der Waals surface area contributed by atoms with Gasteiger partial charge < -0.3 is 4.98 Å². The van der Waals surface area contributed by atoms with E-state index in [0.29, 0.717) is 0 Å². The molecule has 0 spiro atoms. The van der Waals surface area contributed by atoms with Gasteiger partial charge in [0.1, 0.15) is 0 Å². The Balaban J connectivity index is 2.06. The Hall–Kier alpha value is -0.720. The summed E-state index contributed by atoms with van der Waals surface area (Å²) < 4.78 is 0. The number of aryl methyl sites for hydroxylation is 2. The van der Waals surface area contributed by atoms with Gasteiger partial charge in [0, 0.05) is 11.9 Å². The van der Waals surface area contributed by atoms with Crippen molar-refractivity contribution < 1.29 is 0 Å². The summed E-state index contributed by atoms with van der Waals surface area (Å²) in [6.07, 6.45) is 11.7. The zero-order valence-corrected chi connectivity index (χ0v) is 7.60. The Bertz CT molecular complexity index is 214. The van der Waals surface area contributed by atoms with Gasteiger partial charge in [-0.2, -0.15) is 0 Å². The molecule has 1 aromatic heterocycles. The molecule has 0 atom stereocenters. The van der Waals surface area contributed by atoms with E-state index in [2.05, 4.69) is 17.2 Å². The van der Waals surface area contributed by atoms with Crippen molar-refractivity contribution in [1.29, 1.82) is 0 Å². The molecular weight excluding hydrogens is 146 g/mol. The molecule has 1 heteroatoms. The van der Waals surface area contributed by atoms with Gasteiger partial charge in [0.15, 0.2) is 0 Å². The Morgan fingerprint density at radius 2 is 1.67 bits per heavy atom. The van der Waals surface area contributed by atoms with Gasteiger partial charge in [-0.1, -0.05) is 19.3 Å². The Morgan fingerprint density at radius 1 is 0.917 bits per heavy atom. The first kappa shape index (κ1) is 7.90. The number of nitrogens with one attached hydrogen (secondary N) is 1. The number of hydrogen-bond donors (Lipinski definition) is 1. The second kappa shape index (κ2) is 3.79. The average Bonchev–Trinajstić information content (AvgIpc) is 2.51. The first-order valence-corrected chi connectivity index (χ1v) is 5.11. The Morgan fingerprint density at radius 3 is 2.58 bits per heavy atom. The van der Waals surface area contributed by atoms with Crippen molar-refractivity contribution in [3.63, 3.8) is 0 Å². The first-order chi connectivity index (χ1) is 5.95. The molecule has 0 unspecified atom stereocenters. The van der Waals surface area contributed by atoms with E-state index in [-0.39, 0.29) is 0 Å². The van der Waals surface area contributed by atoms with Gasteiger partial charge in [0.25, 0.3) is 0 Å². The molecule has 0 saturated heterocycles. The standard InChI is InChI=1S/C11H17N/c1-2-4-6-10-8-11(12-9-10)7-5-3-1/h8-9,12H,1-7H2. The third-order valence-electron chi connectivity index (χ3n) is 2.71.